The zero-order chi connectivity index (χ0) is 20.8. The average molecular weight is 396 g/mol. The van der Waals surface area contributed by atoms with Gasteiger partial charge in [0, 0.05) is 36.8 Å². The van der Waals surface area contributed by atoms with Crippen LogP contribution >= 0.6 is 0 Å². The summed E-state index contributed by atoms with van der Waals surface area (Å²) in [5, 5.41) is 19.0. The lowest BCUT2D eigenvalue weighted by molar-refractivity contribution is -0.134. The fourth-order valence-electron chi connectivity index (χ4n) is 3.54. The van der Waals surface area contributed by atoms with Crippen LogP contribution in [-0.2, 0) is 16.2 Å². The normalized spacial score (nSPS) is 18.3. The van der Waals surface area contributed by atoms with Gasteiger partial charge in [0.05, 0.1) is 6.04 Å². The number of carboxylic acids is 2. The van der Waals surface area contributed by atoms with E-state index in [9.17, 15) is 9.59 Å². The van der Waals surface area contributed by atoms with Crippen molar-refractivity contribution in [3.63, 3.8) is 0 Å². The molecule has 29 heavy (non-hydrogen) atoms. The highest BCUT2D eigenvalue weighted by Crippen LogP contribution is 2.41. The van der Waals surface area contributed by atoms with Gasteiger partial charge in [0.25, 0.3) is 0 Å². The van der Waals surface area contributed by atoms with Gasteiger partial charge in [0.2, 0.25) is 0 Å². The summed E-state index contributed by atoms with van der Waals surface area (Å²) < 4.78 is 6.03. The molecule has 2 aromatic carbocycles. The van der Waals surface area contributed by atoms with Crippen LogP contribution in [0.1, 0.15) is 22.7 Å². The zero-order valence-corrected chi connectivity index (χ0v) is 16.1. The fourth-order valence-corrected chi connectivity index (χ4v) is 3.54. The van der Waals surface area contributed by atoms with Crippen LogP contribution in [0.2, 0.25) is 0 Å². The molecule has 7 heteroatoms. The van der Waals surface area contributed by atoms with E-state index in [0.29, 0.717) is 30.8 Å². The Kier molecular flexibility index (Phi) is 6.64. The Morgan fingerprint density at radius 3 is 2.21 bits per heavy atom. The first-order chi connectivity index (χ1) is 14.0. The van der Waals surface area contributed by atoms with Crippen LogP contribution in [0.4, 0.5) is 0 Å². The summed E-state index contributed by atoms with van der Waals surface area (Å²) in [5.41, 5.74) is 3.97. The van der Waals surface area contributed by atoms with E-state index in [1.54, 1.807) is 0 Å². The fraction of sp³-hybridized carbons (Fsp3) is 0.273. The van der Waals surface area contributed by atoms with Gasteiger partial charge in [-0.1, -0.05) is 42.5 Å². The molecule has 1 atom stereocenters. The van der Waals surface area contributed by atoms with E-state index in [0.717, 1.165) is 18.8 Å². The van der Waals surface area contributed by atoms with Gasteiger partial charge < -0.3 is 20.3 Å². The van der Waals surface area contributed by atoms with Gasteiger partial charge in [-0.3, -0.25) is 4.90 Å². The minimum absolute atomic E-state index is 0.310. The molecule has 2 aromatic rings. The quantitative estimate of drug-likeness (QED) is 0.682. The van der Waals surface area contributed by atoms with Crippen LogP contribution in [-0.4, -0.2) is 53.2 Å². The van der Waals surface area contributed by atoms with Gasteiger partial charge in [-0.25, -0.2) is 9.59 Å². The molecule has 1 unspecified atom stereocenters. The van der Waals surface area contributed by atoms with Crippen LogP contribution in [0.5, 0.6) is 5.75 Å². The molecular formula is C22H24N2O5. The van der Waals surface area contributed by atoms with Crippen molar-refractivity contribution in [1.82, 2.24) is 10.2 Å². The number of carbonyl (C=O) groups is 2. The predicted molar refractivity (Wildman–Crippen MR) is 108 cm³/mol. The molecule has 1 fully saturated rings. The summed E-state index contributed by atoms with van der Waals surface area (Å²) in [5.74, 6) is -1.49. The van der Waals surface area contributed by atoms with Gasteiger partial charge in [-0.05, 0) is 24.2 Å². The highest BCUT2D eigenvalue weighted by molar-refractivity contribution is 5.89. The van der Waals surface area contributed by atoms with Gasteiger partial charge in [-0.15, -0.1) is 0 Å². The zero-order valence-electron chi connectivity index (χ0n) is 16.1. The molecule has 0 bridgehead atoms. The lowest BCUT2D eigenvalue weighted by atomic mass is 9.90. The van der Waals surface area contributed by atoms with E-state index in [2.05, 4.69) is 58.7 Å². The van der Waals surface area contributed by atoms with Crippen molar-refractivity contribution in [3.05, 3.63) is 77.4 Å². The average Bonchev–Trinajstić information content (AvgIpc) is 2.84. The predicted octanol–water partition coefficient (Wildman–Crippen LogP) is 2.28. The highest BCUT2D eigenvalue weighted by atomic mass is 16.5. The molecule has 4 rings (SSSR count). The maximum Gasteiger partial charge on any atom is 0.328 e. The summed E-state index contributed by atoms with van der Waals surface area (Å²) in [4.78, 5) is 21.6. The molecule has 0 saturated carbocycles. The number of likely N-dealkylation sites (N-methyl/N-ethyl adjacent to an activating group) is 1. The van der Waals surface area contributed by atoms with Crippen molar-refractivity contribution in [2.24, 2.45) is 0 Å². The number of para-hydroxylation sites is 1. The van der Waals surface area contributed by atoms with Crippen molar-refractivity contribution in [3.8, 4) is 5.75 Å². The third kappa shape index (κ3) is 5.01. The van der Waals surface area contributed by atoms with E-state index >= 15 is 0 Å². The molecule has 7 nitrogen and oxygen atoms in total. The molecule has 0 aliphatic carbocycles. The topological polar surface area (TPSA) is 99.1 Å². The van der Waals surface area contributed by atoms with E-state index in [4.69, 9.17) is 14.9 Å². The second kappa shape index (κ2) is 9.36. The van der Waals surface area contributed by atoms with E-state index < -0.39 is 11.9 Å². The van der Waals surface area contributed by atoms with Crippen molar-refractivity contribution in [2.45, 2.75) is 18.7 Å². The molecular weight excluding hydrogens is 372 g/mol. The number of benzene rings is 2. The number of hydrogen-bond donors (Lipinski definition) is 3. The maximum atomic E-state index is 9.55. The number of rotatable bonds is 4. The summed E-state index contributed by atoms with van der Waals surface area (Å²) in [7, 11) is 2.04. The lowest BCUT2D eigenvalue weighted by Crippen LogP contribution is -2.58. The number of fused-ring (bicyclic) bond motifs is 2. The molecule has 0 amide bonds. The van der Waals surface area contributed by atoms with Gasteiger partial charge >= 0.3 is 11.9 Å². The van der Waals surface area contributed by atoms with Gasteiger partial charge in [-0.2, -0.15) is 0 Å². The van der Waals surface area contributed by atoms with E-state index in [1.807, 2.05) is 7.05 Å². The van der Waals surface area contributed by atoms with Crippen LogP contribution in [0, 0.1) is 0 Å². The number of nitrogens with zero attached hydrogens (tertiary/aromatic N) is 1. The summed E-state index contributed by atoms with van der Waals surface area (Å²) in [6.07, 6.45) is 1.12. The molecule has 0 spiro atoms. The second-order valence-corrected chi connectivity index (χ2v) is 6.88. The molecule has 3 N–H and O–H groups in total. The molecule has 1 saturated heterocycles. The van der Waals surface area contributed by atoms with Crippen LogP contribution in [0.15, 0.2) is 60.7 Å². The molecule has 0 radical (unpaired) electrons. The monoisotopic (exact) mass is 396 g/mol. The van der Waals surface area contributed by atoms with Crippen molar-refractivity contribution >= 4 is 11.9 Å². The Hall–Kier alpha value is -3.16. The minimum atomic E-state index is -1.26. The minimum Gasteiger partial charge on any atom is -0.489 e. The molecule has 152 valence electrons. The Balaban J connectivity index is 0.000000258. The Bertz CT molecular complexity index is 842. The molecule has 0 aromatic heterocycles. The van der Waals surface area contributed by atoms with E-state index in [1.165, 1.54) is 16.7 Å². The Labute approximate surface area is 169 Å². The number of aliphatic carboxylic acids is 2. The summed E-state index contributed by atoms with van der Waals surface area (Å²) >= 11 is 0. The molecule has 2 heterocycles. The van der Waals surface area contributed by atoms with Crippen LogP contribution in [0.25, 0.3) is 0 Å². The Morgan fingerprint density at radius 1 is 1.00 bits per heavy atom. The van der Waals surface area contributed by atoms with Crippen LogP contribution in [0.3, 0.4) is 0 Å². The van der Waals surface area contributed by atoms with Crippen molar-refractivity contribution < 1.29 is 24.5 Å². The smallest absolute Gasteiger partial charge is 0.328 e. The third-order valence-corrected chi connectivity index (χ3v) is 5.00. The largest absolute Gasteiger partial charge is 0.489 e. The van der Waals surface area contributed by atoms with Gasteiger partial charge in [0.1, 0.15) is 12.4 Å². The maximum absolute atomic E-state index is 9.55. The first kappa shape index (κ1) is 20.6. The molecule has 2 aliphatic rings. The van der Waals surface area contributed by atoms with Crippen LogP contribution < -0.4 is 10.1 Å². The Morgan fingerprint density at radius 2 is 1.59 bits per heavy atom. The van der Waals surface area contributed by atoms with E-state index in [-0.39, 0.29) is 0 Å². The number of ether oxygens (including phenoxy) is 1. The third-order valence-electron chi connectivity index (χ3n) is 5.00. The molecule has 2 aliphatic heterocycles. The number of hydrogen-bond acceptors (Lipinski definition) is 5. The summed E-state index contributed by atoms with van der Waals surface area (Å²) in [6, 6.07) is 18.0. The van der Waals surface area contributed by atoms with Gasteiger partial charge in [0.15, 0.2) is 0 Å². The number of nitrogens with one attached hydrogen (secondary N) is 1. The number of likely N-dealkylation sites (tertiary alicyclic amines) is 1. The highest BCUT2D eigenvalue weighted by Gasteiger charge is 2.36. The van der Waals surface area contributed by atoms with Crippen molar-refractivity contribution in [1.29, 1.82) is 0 Å². The number of carboxylic acid groups (broad SMARTS) is 2. The second-order valence-electron chi connectivity index (χ2n) is 6.88. The van der Waals surface area contributed by atoms with Crippen molar-refractivity contribution in [2.75, 3.05) is 20.1 Å². The first-order valence-electron chi connectivity index (χ1n) is 9.34. The lowest BCUT2D eigenvalue weighted by Gasteiger charge is -2.44. The summed E-state index contributed by atoms with van der Waals surface area (Å²) in [6.45, 7) is 2.83. The SMILES string of the molecule is CNC1CN(C2c3ccccc3COc3ccccc32)C1.O=C(O)/C=C/C(=O)O. The first-order valence-corrected chi connectivity index (χ1v) is 9.34. The standard InChI is InChI=1S/C18H20N2O.C4H4O4/c1-19-14-10-20(11-14)18-15-7-3-2-6-13(15)12-21-17-9-5-4-8-16(17)18;5-3(6)1-2-4(7)8/h2-9,14,18-19H,10-12H2,1H3;1-2H,(H,5,6)(H,7,8)/b;2-1+.